The minimum absolute atomic E-state index is 0.00735. The molecule has 2 aromatic heterocycles. The number of amides is 1. The van der Waals surface area contributed by atoms with Crippen LogP contribution >= 0.6 is 23.5 Å². The highest BCUT2D eigenvalue weighted by molar-refractivity contribution is 8.06. The van der Waals surface area contributed by atoms with Gasteiger partial charge in [-0.1, -0.05) is 11.8 Å². The number of tetrazole rings is 1. The van der Waals surface area contributed by atoms with E-state index in [1.165, 1.54) is 29.7 Å². The van der Waals surface area contributed by atoms with Gasteiger partial charge in [0.2, 0.25) is 11.6 Å². The first-order valence-corrected chi connectivity index (χ1v) is 9.76. The van der Waals surface area contributed by atoms with E-state index < -0.39 is 35.2 Å². The molecule has 1 unspecified atom stereocenters. The van der Waals surface area contributed by atoms with Crippen molar-refractivity contribution in [2.24, 2.45) is 5.92 Å². The van der Waals surface area contributed by atoms with E-state index in [-0.39, 0.29) is 27.7 Å². The Balaban J connectivity index is 1.60. The van der Waals surface area contributed by atoms with E-state index in [1.807, 2.05) is 0 Å². The number of aromatic carboxylic acids is 1. The van der Waals surface area contributed by atoms with Gasteiger partial charge in [-0.05, 0) is 23.4 Å². The average Bonchev–Trinajstić information content (AvgIpc) is 3.20. The number of rotatable bonds is 6. The molecule has 0 aliphatic carbocycles. The molecule has 2 aromatic rings. The van der Waals surface area contributed by atoms with Gasteiger partial charge in [0.15, 0.2) is 0 Å². The van der Waals surface area contributed by atoms with E-state index in [2.05, 4.69) is 20.6 Å². The number of hydrogen-bond donors (Lipinski definition) is 3. The van der Waals surface area contributed by atoms with Crippen LogP contribution in [0.3, 0.4) is 0 Å². The quantitative estimate of drug-likeness (QED) is 0.402. The number of fused-ring (bicyclic) bond motifs is 2. The Bertz CT molecular complexity index is 1050. The summed E-state index contributed by atoms with van der Waals surface area (Å²) in [4.78, 5) is 36.9. The van der Waals surface area contributed by atoms with Crippen LogP contribution < -0.4 is 0 Å². The monoisotopic (exact) mass is 424 g/mol. The van der Waals surface area contributed by atoms with Gasteiger partial charge in [0.25, 0.3) is 0 Å². The third-order valence-electron chi connectivity index (χ3n) is 4.31. The Kier molecular flexibility index (Phi) is 4.47. The molecule has 1 fully saturated rings. The molecule has 0 spiro atoms. The number of aromatic nitrogens is 5. The van der Waals surface area contributed by atoms with Gasteiger partial charge in [0.05, 0.1) is 12.0 Å². The Hall–Kier alpha value is -2.71. The van der Waals surface area contributed by atoms with Crippen LogP contribution in [0, 0.1) is 5.92 Å². The lowest BCUT2D eigenvalue weighted by atomic mass is 9.92. The molecule has 4 heterocycles. The fourth-order valence-corrected chi connectivity index (χ4v) is 5.64. The predicted molar refractivity (Wildman–Crippen MR) is 94.3 cm³/mol. The van der Waals surface area contributed by atoms with Gasteiger partial charge in [-0.3, -0.25) is 9.69 Å². The molecule has 1 saturated heterocycles. The number of carbonyl (C=O) groups excluding carboxylic acids is 1. The van der Waals surface area contributed by atoms with Gasteiger partial charge in [-0.15, -0.1) is 26.6 Å². The van der Waals surface area contributed by atoms with Gasteiger partial charge in [0.1, 0.15) is 21.7 Å². The lowest BCUT2D eigenvalue weighted by Crippen LogP contribution is -2.60. The van der Waals surface area contributed by atoms with Crippen molar-refractivity contribution in [1.82, 2.24) is 30.2 Å². The first-order chi connectivity index (χ1) is 13.3. The fraction of sp³-hybridized carbons (Fsp3) is 0.357. The second-order valence-corrected chi connectivity index (χ2v) is 8.25. The van der Waals surface area contributed by atoms with Crippen LogP contribution in [0.1, 0.15) is 17.3 Å². The zero-order chi connectivity index (χ0) is 20.2. The smallest absolute Gasteiger partial charge is 0.353 e. The number of carbonyl (C=O) groups is 3. The molecule has 12 nitrogen and oxygen atoms in total. The number of β-lactam (4-membered cyclic amide) rings is 1. The SMILES string of the molecule is CC(O)[C@H]1C(=O)N2C(C(=O)O)=C(CSc3cc(C(=O)O)c4nnnn4n3)S[C@H]12. The van der Waals surface area contributed by atoms with E-state index >= 15 is 0 Å². The summed E-state index contributed by atoms with van der Waals surface area (Å²) in [6.45, 7) is 1.49. The topological polar surface area (TPSA) is 171 Å². The molecular weight excluding hydrogens is 412 g/mol. The lowest BCUT2D eigenvalue weighted by Gasteiger charge is -2.43. The fourth-order valence-electron chi connectivity index (χ4n) is 3.04. The normalized spacial score (nSPS) is 22.4. The van der Waals surface area contributed by atoms with E-state index in [9.17, 15) is 29.7 Å². The highest BCUT2D eigenvalue weighted by Gasteiger charge is 2.57. The molecule has 0 radical (unpaired) electrons. The highest BCUT2D eigenvalue weighted by atomic mass is 32.2. The molecule has 4 rings (SSSR count). The summed E-state index contributed by atoms with van der Waals surface area (Å²) in [5.41, 5.74) is -0.263. The summed E-state index contributed by atoms with van der Waals surface area (Å²) in [6.07, 6.45) is -0.884. The van der Waals surface area contributed by atoms with Crippen LogP contribution in [0.2, 0.25) is 0 Å². The largest absolute Gasteiger partial charge is 0.478 e. The number of thioether (sulfide) groups is 2. The first kappa shape index (κ1) is 18.6. The van der Waals surface area contributed by atoms with E-state index in [1.54, 1.807) is 0 Å². The molecule has 14 heteroatoms. The van der Waals surface area contributed by atoms with Crippen molar-refractivity contribution >= 4 is 47.0 Å². The molecule has 1 amide bonds. The van der Waals surface area contributed by atoms with Crippen LogP contribution in [0.4, 0.5) is 0 Å². The molecule has 2 aliphatic rings. The summed E-state index contributed by atoms with van der Waals surface area (Å²) < 4.78 is 0.986. The van der Waals surface area contributed by atoms with E-state index in [0.717, 1.165) is 16.4 Å². The van der Waals surface area contributed by atoms with Crippen molar-refractivity contribution in [3.8, 4) is 0 Å². The van der Waals surface area contributed by atoms with Gasteiger partial charge < -0.3 is 15.3 Å². The molecule has 3 atom stereocenters. The Morgan fingerprint density at radius 2 is 2.11 bits per heavy atom. The lowest BCUT2D eigenvalue weighted by molar-refractivity contribution is -0.156. The third-order valence-corrected chi connectivity index (χ3v) is 6.79. The van der Waals surface area contributed by atoms with Crippen molar-refractivity contribution in [2.45, 2.75) is 23.4 Å². The molecule has 28 heavy (non-hydrogen) atoms. The number of carboxylic acid groups (broad SMARTS) is 2. The summed E-state index contributed by atoms with van der Waals surface area (Å²) >= 11 is 2.30. The summed E-state index contributed by atoms with van der Waals surface area (Å²) in [5, 5.41) is 43.1. The molecule has 146 valence electrons. The standard InChI is InChI=1S/C14H12N6O6S2/c1-4(21)8-11(22)19-9(14(25)26)6(28-12(8)19)3-27-7-2-5(13(23)24)10-15-17-18-20(10)16-7/h2,4,8,12,21H,3H2,1H3,(H,23,24)(H,25,26)/t4?,8-,12+/m0/s1. The number of carboxylic acids is 2. The molecular formula is C14H12N6O6S2. The van der Waals surface area contributed by atoms with E-state index in [4.69, 9.17) is 0 Å². The van der Waals surface area contributed by atoms with Crippen LogP contribution in [-0.4, -0.2) is 80.6 Å². The zero-order valence-corrected chi connectivity index (χ0v) is 15.7. The number of aliphatic carboxylic acids is 1. The number of aliphatic hydroxyl groups excluding tert-OH is 1. The van der Waals surface area contributed by atoms with Gasteiger partial charge in [0, 0.05) is 10.7 Å². The molecule has 0 aromatic carbocycles. The van der Waals surface area contributed by atoms with Crippen molar-refractivity contribution in [1.29, 1.82) is 0 Å². The Labute approximate surface area is 164 Å². The average molecular weight is 424 g/mol. The minimum Gasteiger partial charge on any atom is -0.478 e. The van der Waals surface area contributed by atoms with Crippen molar-refractivity contribution < 1.29 is 29.7 Å². The van der Waals surface area contributed by atoms with Crippen LogP contribution in [-0.2, 0) is 9.59 Å². The van der Waals surface area contributed by atoms with Crippen molar-refractivity contribution in [3.05, 3.63) is 22.2 Å². The maximum Gasteiger partial charge on any atom is 0.353 e. The molecule has 0 bridgehead atoms. The molecule has 2 aliphatic heterocycles. The third kappa shape index (κ3) is 2.80. The number of aliphatic hydroxyl groups is 1. The van der Waals surface area contributed by atoms with Gasteiger partial charge in [-0.2, -0.15) is 0 Å². The maximum absolute atomic E-state index is 12.2. The zero-order valence-electron chi connectivity index (χ0n) is 14.1. The second kappa shape index (κ2) is 6.72. The van der Waals surface area contributed by atoms with Gasteiger partial charge >= 0.3 is 11.9 Å². The van der Waals surface area contributed by atoms with Crippen LogP contribution in [0.25, 0.3) is 5.65 Å². The van der Waals surface area contributed by atoms with Crippen LogP contribution in [0.15, 0.2) is 21.7 Å². The maximum atomic E-state index is 12.2. The Morgan fingerprint density at radius 3 is 2.75 bits per heavy atom. The summed E-state index contributed by atoms with van der Waals surface area (Å²) in [5.74, 6) is -3.39. The summed E-state index contributed by atoms with van der Waals surface area (Å²) in [7, 11) is 0. The second-order valence-electron chi connectivity index (χ2n) is 6.04. The summed E-state index contributed by atoms with van der Waals surface area (Å²) in [6, 6.07) is 1.30. The molecule has 3 N–H and O–H groups in total. The van der Waals surface area contributed by atoms with Crippen molar-refractivity contribution in [2.75, 3.05) is 5.75 Å². The minimum atomic E-state index is -1.24. The van der Waals surface area contributed by atoms with Crippen molar-refractivity contribution in [3.63, 3.8) is 0 Å². The highest BCUT2D eigenvalue weighted by Crippen LogP contribution is 2.51. The number of hydrogen-bond acceptors (Lipinski definition) is 10. The Morgan fingerprint density at radius 1 is 1.36 bits per heavy atom. The number of nitrogens with zero attached hydrogens (tertiary/aromatic N) is 6. The van der Waals surface area contributed by atoms with Gasteiger partial charge in [-0.25, -0.2) is 9.59 Å². The molecule has 0 saturated carbocycles. The predicted octanol–water partition coefficient (Wildman–Crippen LogP) is -0.482. The van der Waals surface area contributed by atoms with E-state index in [0.29, 0.717) is 4.91 Å². The first-order valence-electron chi connectivity index (χ1n) is 7.89. The van der Waals surface area contributed by atoms with Crippen LogP contribution in [0.5, 0.6) is 0 Å².